The minimum Gasteiger partial charge on any atom is -0.870 e. The first-order valence-corrected chi connectivity index (χ1v) is 10.6. The van der Waals surface area contributed by atoms with Gasteiger partial charge in [-0.3, -0.25) is 0 Å². The van der Waals surface area contributed by atoms with E-state index in [1.807, 2.05) is 6.92 Å². The van der Waals surface area contributed by atoms with Crippen LogP contribution in [0.25, 0.3) is 0 Å². The second-order valence-electron chi connectivity index (χ2n) is 6.77. The number of carbonyl (C=O) groups is 2. The van der Waals surface area contributed by atoms with Crippen LogP contribution in [0.2, 0.25) is 0 Å². The molecule has 2 rings (SSSR count). The molecule has 0 aliphatic rings. The molecule has 0 heterocycles. The van der Waals surface area contributed by atoms with Crippen molar-refractivity contribution in [3.05, 3.63) is 59.7 Å². The molecule has 0 fully saturated rings. The van der Waals surface area contributed by atoms with E-state index in [-0.39, 0.29) is 72.3 Å². The number of hydrogen-bond acceptors (Lipinski definition) is 12. The number of aliphatic hydroxyl groups excluding tert-OH is 5. The van der Waals surface area contributed by atoms with E-state index in [0.29, 0.717) is 17.7 Å². The van der Waals surface area contributed by atoms with Crippen LogP contribution in [0.15, 0.2) is 48.5 Å². The van der Waals surface area contributed by atoms with Crippen LogP contribution in [0, 0.1) is 0 Å². The largest absolute Gasteiger partial charge is 1.00 e. The van der Waals surface area contributed by atoms with Gasteiger partial charge in [0, 0.05) is 0 Å². The minimum atomic E-state index is -0.954. The van der Waals surface area contributed by atoms with E-state index in [1.54, 1.807) is 0 Å². The molecule has 12 nitrogen and oxygen atoms in total. The molecule has 0 amide bonds. The molecule has 0 aliphatic carbocycles. The summed E-state index contributed by atoms with van der Waals surface area (Å²) < 4.78 is 9.35. The third-order valence-electron chi connectivity index (χ3n) is 3.51. The summed E-state index contributed by atoms with van der Waals surface area (Å²) in [5.41, 5.74) is 0.900. The van der Waals surface area contributed by atoms with Crippen molar-refractivity contribution in [3.63, 3.8) is 0 Å². The second-order valence-corrected chi connectivity index (χ2v) is 6.77. The molecule has 0 saturated heterocycles. The van der Waals surface area contributed by atoms with Gasteiger partial charge in [-0.15, -0.1) is 0 Å². The SMILES string of the molecule is CC(O)CO.CCCOC(=O)c1ccc(O)cc1.COC(=O)c1ccc(O)cc1.OCC(O)CO.[Na+].[OH-]. The predicted octanol–water partition coefficient (Wildman–Crippen LogP) is -2.34. The Hall–Kier alpha value is -2.26. The van der Waals surface area contributed by atoms with Gasteiger partial charge in [0.25, 0.3) is 0 Å². The van der Waals surface area contributed by atoms with E-state index in [4.69, 9.17) is 40.5 Å². The summed E-state index contributed by atoms with van der Waals surface area (Å²) in [6, 6.07) is 11.9. The van der Waals surface area contributed by atoms with Crippen molar-refractivity contribution in [2.75, 3.05) is 33.5 Å². The second kappa shape index (κ2) is 26.8. The number of benzene rings is 2. The number of phenols is 2. The zero-order chi connectivity index (χ0) is 27.2. The summed E-state index contributed by atoms with van der Waals surface area (Å²) >= 11 is 0. The number of hydrogen-bond donors (Lipinski definition) is 7. The number of methoxy groups -OCH3 is 1. The molecule has 0 bridgehead atoms. The normalized spacial score (nSPS) is 9.76. The molecule has 1 atom stereocenters. The molecule has 0 radical (unpaired) electrons. The van der Waals surface area contributed by atoms with Gasteiger partial charge in [0.1, 0.15) is 17.6 Å². The summed E-state index contributed by atoms with van der Waals surface area (Å²) in [6.07, 6.45) is -0.705. The Balaban J connectivity index is -0.000000206. The number of phenolic OH excluding ortho intramolecular Hbond substituents is 2. The maximum Gasteiger partial charge on any atom is 1.00 e. The van der Waals surface area contributed by atoms with E-state index in [2.05, 4.69) is 4.74 Å². The number of aliphatic hydroxyl groups is 5. The first-order valence-electron chi connectivity index (χ1n) is 10.6. The monoisotopic (exact) mass is 540 g/mol. The molecule has 0 aromatic heterocycles. The molecule has 2 aromatic carbocycles. The van der Waals surface area contributed by atoms with Gasteiger partial charge >= 0.3 is 41.5 Å². The summed E-state index contributed by atoms with van der Waals surface area (Å²) in [7, 11) is 1.31. The van der Waals surface area contributed by atoms with Gasteiger partial charge in [0.15, 0.2) is 0 Å². The van der Waals surface area contributed by atoms with Gasteiger partial charge in [0.05, 0.1) is 50.8 Å². The fraction of sp³-hybridized carbons (Fsp3) is 0.417. The van der Waals surface area contributed by atoms with Gasteiger partial charge < -0.3 is 50.7 Å². The van der Waals surface area contributed by atoms with Gasteiger partial charge in [-0.25, -0.2) is 9.59 Å². The van der Waals surface area contributed by atoms with Gasteiger partial charge in [-0.05, 0) is 61.9 Å². The van der Waals surface area contributed by atoms with Crippen molar-refractivity contribution in [1.29, 1.82) is 0 Å². The number of aromatic hydroxyl groups is 2. The molecule has 8 N–H and O–H groups in total. The molecule has 37 heavy (non-hydrogen) atoms. The first-order chi connectivity index (χ1) is 16.6. The van der Waals surface area contributed by atoms with E-state index in [1.165, 1.54) is 62.6 Å². The van der Waals surface area contributed by atoms with Gasteiger partial charge in [-0.2, -0.15) is 0 Å². The van der Waals surface area contributed by atoms with Crippen LogP contribution in [-0.2, 0) is 9.47 Å². The number of esters is 2. The van der Waals surface area contributed by atoms with Gasteiger partial charge in [-0.1, -0.05) is 6.92 Å². The topological polar surface area (TPSA) is 224 Å². The molecule has 13 heteroatoms. The molecular formula is C24H37NaO12. The predicted molar refractivity (Wildman–Crippen MR) is 129 cm³/mol. The van der Waals surface area contributed by atoms with Crippen molar-refractivity contribution in [2.45, 2.75) is 32.5 Å². The van der Waals surface area contributed by atoms with Crippen LogP contribution < -0.4 is 29.6 Å². The van der Waals surface area contributed by atoms with Crippen molar-refractivity contribution >= 4 is 11.9 Å². The van der Waals surface area contributed by atoms with Gasteiger partial charge in [0.2, 0.25) is 0 Å². The summed E-state index contributed by atoms with van der Waals surface area (Å²) in [6.45, 7) is 3.02. The Labute approximate surface area is 238 Å². The van der Waals surface area contributed by atoms with E-state index >= 15 is 0 Å². The van der Waals surface area contributed by atoms with Crippen LogP contribution in [0.3, 0.4) is 0 Å². The zero-order valence-corrected chi connectivity index (χ0v) is 23.5. The smallest absolute Gasteiger partial charge is 0.870 e. The molecule has 0 saturated carbocycles. The number of rotatable bonds is 7. The Morgan fingerprint density at radius 3 is 1.38 bits per heavy atom. The quantitative estimate of drug-likeness (QED) is 0.145. The fourth-order valence-corrected chi connectivity index (χ4v) is 1.65. The Morgan fingerprint density at radius 2 is 1.14 bits per heavy atom. The Morgan fingerprint density at radius 1 is 0.784 bits per heavy atom. The van der Waals surface area contributed by atoms with E-state index in [9.17, 15) is 9.59 Å². The maximum atomic E-state index is 11.2. The molecule has 0 spiro atoms. The molecule has 1 unspecified atom stereocenters. The Kier molecular flexibility index (Phi) is 30.3. The van der Waals surface area contributed by atoms with Crippen molar-refractivity contribution < 1.29 is 89.8 Å². The third-order valence-corrected chi connectivity index (χ3v) is 3.51. The number of carbonyl (C=O) groups excluding carboxylic acids is 2. The fourth-order valence-electron chi connectivity index (χ4n) is 1.65. The van der Waals surface area contributed by atoms with Crippen molar-refractivity contribution in [1.82, 2.24) is 0 Å². The molecule has 206 valence electrons. The van der Waals surface area contributed by atoms with E-state index < -0.39 is 18.2 Å². The third kappa shape index (κ3) is 23.9. The van der Waals surface area contributed by atoms with Crippen LogP contribution >= 0.6 is 0 Å². The van der Waals surface area contributed by atoms with Crippen LogP contribution in [0.1, 0.15) is 41.0 Å². The molecule has 2 aromatic rings. The maximum absolute atomic E-state index is 11.2. The summed E-state index contributed by atoms with van der Waals surface area (Å²) in [5, 5.41) is 57.8. The zero-order valence-electron chi connectivity index (χ0n) is 21.5. The van der Waals surface area contributed by atoms with Crippen molar-refractivity contribution in [3.8, 4) is 11.5 Å². The average molecular weight is 541 g/mol. The standard InChI is InChI=1S/C10H12O3.C8H8O3.C3H8O3.C3H8O2.Na.H2O/c1-2-7-13-10(12)8-3-5-9(11)6-4-8;1-11-8(10)6-2-4-7(9)5-3-6;4-1-3(6)2-5;1-3(5)2-4;;/h3-6,11H,2,7H2,1H3;2-5,9H,1H3;3-6H,1-2H2;3-5H,2H2,1H3;;1H2/q;;;;+1;/p-1. The summed E-state index contributed by atoms with van der Waals surface area (Å²) in [5.74, 6) is -0.462. The number of ether oxygens (including phenoxy) is 2. The Bertz CT molecular complexity index is 794. The summed E-state index contributed by atoms with van der Waals surface area (Å²) in [4.78, 5) is 22.0. The minimum absolute atomic E-state index is 0. The molecular weight excluding hydrogens is 503 g/mol. The molecule has 0 aliphatic heterocycles. The van der Waals surface area contributed by atoms with Crippen LogP contribution in [-0.4, -0.2) is 98.9 Å². The van der Waals surface area contributed by atoms with Crippen LogP contribution in [0.4, 0.5) is 0 Å². The van der Waals surface area contributed by atoms with Crippen molar-refractivity contribution in [2.24, 2.45) is 0 Å². The van der Waals surface area contributed by atoms with E-state index in [0.717, 1.165) is 6.42 Å². The average Bonchev–Trinajstić information content (AvgIpc) is 2.88. The first kappa shape index (κ1) is 41.9. The van der Waals surface area contributed by atoms with Crippen LogP contribution in [0.5, 0.6) is 11.5 Å².